The zero-order valence-corrected chi connectivity index (χ0v) is 11.8. The molecule has 86 valence electrons. The molecule has 0 atom stereocenters. The molecule has 4 heteroatoms. The minimum atomic E-state index is 0.486. The Balaban J connectivity index is 2.10. The van der Waals surface area contributed by atoms with E-state index in [0.717, 1.165) is 15.6 Å². The van der Waals surface area contributed by atoms with E-state index in [9.17, 15) is 0 Å². The Morgan fingerprint density at radius 2 is 2.06 bits per heavy atom. The van der Waals surface area contributed by atoms with Gasteiger partial charge >= 0.3 is 0 Å². The van der Waals surface area contributed by atoms with Gasteiger partial charge in [0.2, 0.25) is 0 Å². The largest absolute Gasteiger partial charge is 0.143 e. The van der Waals surface area contributed by atoms with Crippen LogP contribution < -0.4 is 0 Å². The minimum absolute atomic E-state index is 0.486. The number of benzene rings is 1. The molecule has 1 fully saturated rings. The summed E-state index contributed by atoms with van der Waals surface area (Å²) < 4.78 is 0.486. The summed E-state index contributed by atoms with van der Waals surface area (Å²) in [6, 6.07) is 7.68. The van der Waals surface area contributed by atoms with Gasteiger partial charge in [0.05, 0.1) is 4.58 Å². The van der Waals surface area contributed by atoms with Crippen LogP contribution in [0.3, 0.4) is 0 Å². The predicted molar refractivity (Wildman–Crippen MR) is 78.6 cm³/mol. The normalized spacial score (nSPS) is 18.8. The second-order valence-electron chi connectivity index (χ2n) is 3.49. The predicted octanol–water partition coefficient (Wildman–Crippen LogP) is 5.12. The molecule has 0 amide bonds. The fourth-order valence-corrected chi connectivity index (χ4v) is 4.73. The van der Waals surface area contributed by atoms with Crippen LogP contribution in [0.4, 0.5) is 0 Å². The van der Waals surface area contributed by atoms with E-state index in [2.05, 4.69) is 6.08 Å². The van der Waals surface area contributed by atoms with Crippen LogP contribution in [0.2, 0.25) is 5.02 Å². The van der Waals surface area contributed by atoms with Crippen molar-refractivity contribution in [3.63, 3.8) is 0 Å². The quantitative estimate of drug-likeness (QED) is 0.742. The lowest BCUT2D eigenvalue weighted by atomic mass is 10.2. The second-order valence-corrected chi connectivity index (χ2v) is 7.13. The molecular formula is C12H12Cl2S2. The molecule has 1 saturated heterocycles. The molecule has 16 heavy (non-hydrogen) atoms. The van der Waals surface area contributed by atoms with Crippen molar-refractivity contribution in [1.82, 2.24) is 0 Å². The average molecular weight is 291 g/mol. The smallest absolute Gasteiger partial charge is 0.0699 e. The lowest BCUT2D eigenvalue weighted by Gasteiger charge is -2.17. The van der Waals surface area contributed by atoms with E-state index >= 15 is 0 Å². The van der Waals surface area contributed by atoms with Gasteiger partial charge in [-0.3, -0.25) is 0 Å². The Kier molecular flexibility index (Phi) is 4.96. The standard InChI is InChI=1S/C12H12Cl2S2/c13-10-4-1-3-9(7-10)11(14)8-12-15-5-2-6-16-12/h1,3-4,7-8,12H,2,5-6H2/b11-8-. The highest BCUT2D eigenvalue weighted by atomic mass is 35.5. The summed E-state index contributed by atoms with van der Waals surface area (Å²) in [5, 5.41) is 1.53. The second kappa shape index (κ2) is 6.25. The number of thioether (sulfide) groups is 2. The summed E-state index contributed by atoms with van der Waals surface area (Å²) in [4.78, 5) is 0. The number of hydrogen-bond acceptors (Lipinski definition) is 2. The van der Waals surface area contributed by atoms with Crippen molar-refractivity contribution in [2.75, 3.05) is 11.5 Å². The van der Waals surface area contributed by atoms with E-state index in [1.54, 1.807) is 0 Å². The molecule has 0 bridgehead atoms. The van der Waals surface area contributed by atoms with Gasteiger partial charge in [0, 0.05) is 10.1 Å². The van der Waals surface area contributed by atoms with Crippen molar-refractivity contribution >= 4 is 51.8 Å². The topological polar surface area (TPSA) is 0 Å². The molecule has 0 aromatic heterocycles. The van der Waals surface area contributed by atoms with Crippen molar-refractivity contribution in [3.05, 3.63) is 40.9 Å². The van der Waals surface area contributed by atoms with Crippen LogP contribution in [0.1, 0.15) is 12.0 Å². The van der Waals surface area contributed by atoms with Crippen LogP contribution >= 0.6 is 46.7 Å². The van der Waals surface area contributed by atoms with E-state index in [1.165, 1.54) is 17.9 Å². The highest BCUT2D eigenvalue weighted by molar-refractivity contribution is 8.17. The van der Waals surface area contributed by atoms with E-state index in [1.807, 2.05) is 47.8 Å². The third-order valence-corrected chi connectivity index (χ3v) is 5.61. The Hall–Kier alpha value is 0.240. The molecular weight excluding hydrogens is 279 g/mol. The zero-order chi connectivity index (χ0) is 11.4. The maximum Gasteiger partial charge on any atom is 0.0699 e. The van der Waals surface area contributed by atoms with Gasteiger partial charge in [-0.2, -0.15) is 0 Å². The Labute approximate surface area is 115 Å². The van der Waals surface area contributed by atoms with Gasteiger partial charge in [0.1, 0.15) is 0 Å². The lowest BCUT2D eigenvalue weighted by Crippen LogP contribution is -2.03. The third kappa shape index (κ3) is 3.63. The third-order valence-electron chi connectivity index (χ3n) is 2.24. The molecule has 0 radical (unpaired) electrons. The van der Waals surface area contributed by atoms with E-state index in [-0.39, 0.29) is 0 Å². The molecule has 0 spiro atoms. The van der Waals surface area contributed by atoms with Gasteiger partial charge in [0.15, 0.2) is 0 Å². The fraction of sp³-hybridized carbons (Fsp3) is 0.333. The first-order valence-electron chi connectivity index (χ1n) is 5.12. The molecule has 1 aromatic carbocycles. The van der Waals surface area contributed by atoms with E-state index < -0.39 is 0 Å². The maximum absolute atomic E-state index is 6.29. The number of hydrogen-bond donors (Lipinski definition) is 0. The summed E-state index contributed by atoms with van der Waals surface area (Å²) >= 11 is 16.1. The van der Waals surface area contributed by atoms with Crippen molar-refractivity contribution < 1.29 is 0 Å². The zero-order valence-electron chi connectivity index (χ0n) is 8.66. The molecule has 1 aromatic rings. The lowest BCUT2D eigenvalue weighted by molar-refractivity contribution is 1.11. The number of rotatable bonds is 2. The maximum atomic E-state index is 6.29. The minimum Gasteiger partial charge on any atom is -0.143 e. The van der Waals surface area contributed by atoms with Gasteiger partial charge in [-0.05, 0) is 41.7 Å². The molecule has 1 aliphatic rings. The Bertz CT molecular complexity index is 384. The first-order valence-corrected chi connectivity index (χ1v) is 7.97. The fourth-order valence-electron chi connectivity index (χ4n) is 1.45. The monoisotopic (exact) mass is 290 g/mol. The van der Waals surface area contributed by atoms with Crippen LogP contribution in [-0.4, -0.2) is 16.1 Å². The highest BCUT2D eigenvalue weighted by Gasteiger charge is 2.12. The molecule has 0 aliphatic carbocycles. The Morgan fingerprint density at radius 1 is 1.31 bits per heavy atom. The summed E-state index contributed by atoms with van der Waals surface area (Å²) in [6.45, 7) is 0. The van der Waals surface area contributed by atoms with Crippen LogP contribution in [0, 0.1) is 0 Å². The van der Waals surface area contributed by atoms with Crippen molar-refractivity contribution in [2.45, 2.75) is 11.0 Å². The van der Waals surface area contributed by atoms with Crippen LogP contribution in [-0.2, 0) is 0 Å². The summed E-state index contributed by atoms with van der Waals surface area (Å²) in [5.41, 5.74) is 1.00. The molecule has 2 rings (SSSR count). The van der Waals surface area contributed by atoms with Gasteiger partial charge in [-0.25, -0.2) is 0 Å². The molecule has 1 aliphatic heterocycles. The van der Waals surface area contributed by atoms with Gasteiger partial charge in [0.25, 0.3) is 0 Å². The molecule has 0 saturated carbocycles. The van der Waals surface area contributed by atoms with Crippen LogP contribution in [0.25, 0.3) is 5.03 Å². The Morgan fingerprint density at radius 3 is 2.75 bits per heavy atom. The SMILES string of the molecule is Cl/C(=C\C1SCCCS1)c1cccc(Cl)c1. The average Bonchev–Trinajstić information content (AvgIpc) is 2.30. The van der Waals surface area contributed by atoms with Crippen LogP contribution in [0.15, 0.2) is 30.3 Å². The highest BCUT2D eigenvalue weighted by Crippen LogP contribution is 2.34. The molecule has 0 nitrogen and oxygen atoms in total. The van der Waals surface area contributed by atoms with Crippen molar-refractivity contribution in [1.29, 1.82) is 0 Å². The summed E-state index contributed by atoms with van der Waals surface area (Å²) in [7, 11) is 0. The van der Waals surface area contributed by atoms with E-state index in [4.69, 9.17) is 23.2 Å². The van der Waals surface area contributed by atoms with Gasteiger partial charge in [-0.15, -0.1) is 23.5 Å². The molecule has 0 N–H and O–H groups in total. The first-order chi connectivity index (χ1) is 7.75. The van der Waals surface area contributed by atoms with Gasteiger partial charge < -0.3 is 0 Å². The summed E-state index contributed by atoms with van der Waals surface area (Å²) in [6.07, 6.45) is 3.43. The van der Waals surface area contributed by atoms with Gasteiger partial charge in [-0.1, -0.05) is 35.3 Å². The molecule has 0 unspecified atom stereocenters. The van der Waals surface area contributed by atoms with Crippen molar-refractivity contribution in [3.8, 4) is 0 Å². The van der Waals surface area contributed by atoms with Crippen molar-refractivity contribution in [2.24, 2.45) is 0 Å². The number of halogens is 2. The first kappa shape index (κ1) is 12.7. The summed E-state index contributed by atoms with van der Waals surface area (Å²) in [5.74, 6) is 2.46. The van der Waals surface area contributed by atoms with Crippen LogP contribution in [0.5, 0.6) is 0 Å². The molecule has 1 heterocycles. The van der Waals surface area contributed by atoms with E-state index in [0.29, 0.717) is 4.58 Å².